The number of ether oxygens (including phenoxy) is 1. The lowest BCUT2D eigenvalue weighted by Gasteiger charge is -1.95. The summed E-state index contributed by atoms with van der Waals surface area (Å²) in [5.74, 6) is -1.41. The van der Waals surface area contributed by atoms with Crippen LogP contribution in [-0.4, -0.2) is 24.5 Å². The second kappa shape index (κ2) is 5.76. The van der Waals surface area contributed by atoms with Gasteiger partial charge in [-0.1, -0.05) is 0 Å². The number of carbonyl (C=O) groups is 3. The molecule has 0 saturated carbocycles. The van der Waals surface area contributed by atoms with Crippen molar-refractivity contribution >= 4 is 17.9 Å². The van der Waals surface area contributed by atoms with E-state index in [1.165, 1.54) is 0 Å². The molecule has 0 rings (SSSR count). The number of primary amides is 1. The molecule has 6 heteroatoms. The van der Waals surface area contributed by atoms with E-state index in [-0.39, 0.29) is 6.61 Å². The largest absolute Gasteiger partial charge is 0.463 e. The second-order valence-corrected chi connectivity index (χ2v) is 1.94. The van der Waals surface area contributed by atoms with Crippen molar-refractivity contribution in [2.24, 2.45) is 5.73 Å². The van der Waals surface area contributed by atoms with E-state index in [2.05, 4.69) is 10.5 Å². The summed E-state index contributed by atoms with van der Waals surface area (Å²) in [4.78, 5) is 31.4. The normalized spacial score (nSPS) is 9.62. The Morgan fingerprint density at radius 1 is 1.38 bits per heavy atom. The van der Waals surface area contributed by atoms with Gasteiger partial charge in [0.1, 0.15) is 0 Å². The average molecular weight is 186 g/mol. The summed E-state index contributed by atoms with van der Waals surface area (Å²) in [6, 6.07) is -0.974. The maximum absolute atomic E-state index is 10.7. The number of carbonyl (C=O) groups excluding carboxylic acids is 3. The minimum absolute atomic E-state index is 0.223. The number of rotatable bonds is 3. The summed E-state index contributed by atoms with van der Waals surface area (Å²) in [5.41, 5.74) is 4.64. The molecular weight excluding hydrogens is 176 g/mol. The van der Waals surface area contributed by atoms with Crippen molar-refractivity contribution in [1.82, 2.24) is 5.32 Å². The number of hydrogen-bond donors (Lipinski definition) is 2. The van der Waals surface area contributed by atoms with E-state index in [9.17, 15) is 14.4 Å². The average Bonchev–Trinajstić information content (AvgIpc) is 2.00. The SMILES string of the molecule is CCOC(=O)/C=C\C(=O)NC(N)=O. The first-order chi connectivity index (χ1) is 6.06. The van der Waals surface area contributed by atoms with Crippen LogP contribution < -0.4 is 11.1 Å². The molecule has 0 fully saturated rings. The quantitative estimate of drug-likeness (QED) is 0.449. The third-order valence-electron chi connectivity index (χ3n) is 0.904. The minimum Gasteiger partial charge on any atom is -0.463 e. The fraction of sp³-hybridized carbons (Fsp3) is 0.286. The van der Waals surface area contributed by atoms with Crippen LogP contribution in [0, 0.1) is 0 Å². The molecule has 3 N–H and O–H groups in total. The molecule has 6 nitrogen and oxygen atoms in total. The van der Waals surface area contributed by atoms with Gasteiger partial charge < -0.3 is 10.5 Å². The Hall–Kier alpha value is -1.85. The molecule has 3 amide bonds. The zero-order chi connectivity index (χ0) is 10.3. The molecule has 0 atom stereocenters. The lowest BCUT2D eigenvalue weighted by Crippen LogP contribution is -2.33. The number of hydrogen-bond acceptors (Lipinski definition) is 4. The molecule has 0 aromatic carbocycles. The summed E-state index contributed by atoms with van der Waals surface area (Å²) in [6.07, 6.45) is 1.77. The van der Waals surface area contributed by atoms with Crippen LogP contribution in [0.4, 0.5) is 4.79 Å². The van der Waals surface area contributed by atoms with Crippen LogP contribution >= 0.6 is 0 Å². The fourth-order valence-corrected chi connectivity index (χ4v) is 0.497. The van der Waals surface area contributed by atoms with Gasteiger partial charge in [-0.15, -0.1) is 0 Å². The molecule has 0 aliphatic heterocycles. The van der Waals surface area contributed by atoms with E-state index < -0.39 is 17.9 Å². The highest BCUT2D eigenvalue weighted by molar-refractivity contribution is 6.02. The van der Waals surface area contributed by atoms with Crippen LogP contribution in [0.5, 0.6) is 0 Å². The molecule has 0 bridgehead atoms. The predicted molar refractivity (Wildman–Crippen MR) is 43.5 cm³/mol. The van der Waals surface area contributed by atoms with Gasteiger partial charge in [-0.3, -0.25) is 10.1 Å². The Morgan fingerprint density at radius 3 is 2.46 bits per heavy atom. The Bertz CT molecular complexity index is 247. The molecule has 13 heavy (non-hydrogen) atoms. The highest BCUT2D eigenvalue weighted by atomic mass is 16.5. The van der Waals surface area contributed by atoms with Crippen LogP contribution in [0.15, 0.2) is 12.2 Å². The fourth-order valence-electron chi connectivity index (χ4n) is 0.497. The molecule has 0 aromatic heterocycles. The van der Waals surface area contributed by atoms with E-state index in [1.54, 1.807) is 12.2 Å². The number of urea groups is 1. The number of nitrogens with two attached hydrogens (primary N) is 1. The molecule has 0 radical (unpaired) electrons. The van der Waals surface area contributed by atoms with Gasteiger partial charge in [0.05, 0.1) is 6.61 Å². The number of imide groups is 1. The van der Waals surface area contributed by atoms with Crippen LogP contribution in [0.3, 0.4) is 0 Å². The molecule has 0 heterocycles. The van der Waals surface area contributed by atoms with Crippen molar-refractivity contribution in [2.45, 2.75) is 6.92 Å². The third kappa shape index (κ3) is 6.54. The standard InChI is InChI=1S/C7H10N2O4/c1-2-13-6(11)4-3-5(10)9-7(8)12/h3-4H,2H2,1H3,(H3,8,9,10,12)/b4-3-. The lowest BCUT2D eigenvalue weighted by atomic mass is 10.4. The Balaban J connectivity index is 3.90. The zero-order valence-corrected chi connectivity index (χ0v) is 7.07. The van der Waals surface area contributed by atoms with Crippen molar-refractivity contribution in [3.63, 3.8) is 0 Å². The van der Waals surface area contributed by atoms with E-state index in [0.717, 1.165) is 12.2 Å². The first-order valence-electron chi connectivity index (χ1n) is 3.51. The zero-order valence-electron chi connectivity index (χ0n) is 7.07. The van der Waals surface area contributed by atoms with Gasteiger partial charge in [-0.2, -0.15) is 0 Å². The topological polar surface area (TPSA) is 98.5 Å². The van der Waals surface area contributed by atoms with Crippen LogP contribution in [-0.2, 0) is 14.3 Å². The van der Waals surface area contributed by atoms with Crippen molar-refractivity contribution in [2.75, 3.05) is 6.61 Å². The third-order valence-corrected chi connectivity index (χ3v) is 0.904. The number of esters is 1. The molecule has 0 unspecified atom stereocenters. The van der Waals surface area contributed by atoms with Gasteiger partial charge in [0, 0.05) is 12.2 Å². The van der Waals surface area contributed by atoms with E-state index in [4.69, 9.17) is 0 Å². The monoisotopic (exact) mass is 186 g/mol. The first-order valence-corrected chi connectivity index (χ1v) is 3.51. The van der Waals surface area contributed by atoms with Crippen LogP contribution in [0.1, 0.15) is 6.92 Å². The maximum Gasteiger partial charge on any atom is 0.330 e. The van der Waals surface area contributed by atoms with Crippen molar-refractivity contribution < 1.29 is 19.1 Å². The van der Waals surface area contributed by atoms with E-state index >= 15 is 0 Å². The highest BCUT2D eigenvalue weighted by Gasteiger charge is 2.00. The van der Waals surface area contributed by atoms with Gasteiger partial charge in [0.2, 0.25) is 0 Å². The molecule has 0 aromatic rings. The van der Waals surface area contributed by atoms with Gasteiger partial charge >= 0.3 is 12.0 Å². The van der Waals surface area contributed by atoms with E-state index in [1.807, 2.05) is 0 Å². The van der Waals surface area contributed by atoms with E-state index in [0.29, 0.717) is 0 Å². The molecule has 0 aliphatic carbocycles. The van der Waals surface area contributed by atoms with Gasteiger partial charge in [0.15, 0.2) is 0 Å². The van der Waals surface area contributed by atoms with Crippen molar-refractivity contribution in [3.05, 3.63) is 12.2 Å². The molecular formula is C7H10N2O4. The molecule has 0 spiro atoms. The summed E-state index contributed by atoms with van der Waals surface area (Å²) in [6.45, 7) is 1.86. The van der Waals surface area contributed by atoms with Crippen molar-refractivity contribution in [1.29, 1.82) is 0 Å². The summed E-state index contributed by atoms with van der Waals surface area (Å²) in [7, 11) is 0. The van der Waals surface area contributed by atoms with Gasteiger partial charge in [0.25, 0.3) is 5.91 Å². The number of amides is 3. The van der Waals surface area contributed by atoms with Crippen molar-refractivity contribution in [3.8, 4) is 0 Å². The summed E-state index contributed by atoms with van der Waals surface area (Å²) in [5, 5.41) is 1.75. The Morgan fingerprint density at radius 2 is 2.00 bits per heavy atom. The molecule has 72 valence electrons. The first kappa shape index (κ1) is 11.2. The second-order valence-electron chi connectivity index (χ2n) is 1.94. The minimum atomic E-state index is -0.974. The van der Waals surface area contributed by atoms with Crippen LogP contribution in [0.25, 0.3) is 0 Å². The Labute approximate surface area is 74.7 Å². The molecule has 0 aliphatic rings. The highest BCUT2D eigenvalue weighted by Crippen LogP contribution is 1.80. The Kier molecular flexibility index (Phi) is 4.94. The molecule has 0 saturated heterocycles. The summed E-state index contributed by atoms with van der Waals surface area (Å²) < 4.78 is 4.48. The number of nitrogens with one attached hydrogen (secondary N) is 1. The van der Waals surface area contributed by atoms with Gasteiger partial charge in [-0.05, 0) is 6.92 Å². The lowest BCUT2D eigenvalue weighted by molar-refractivity contribution is -0.137. The predicted octanol–water partition coefficient (Wildman–Crippen LogP) is -0.699. The van der Waals surface area contributed by atoms with Crippen LogP contribution in [0.2, 0.25) is 0 Å². The smallest absolute Gasteiger partial charge is 0.330 e. The maximum atomic E-state index is 10.7. The van der Waals surface area contributed by atoms with Gasteiger partial charge in [-0.25, -0.2) is 9.59 Å². The summed E-state index contributed by atoms with van der Waals surface area (Å²) >= 11 is 0.